The fraction of sp³-hybridized carbons (Fsp3) is 0.500. The Morgan fingerprint density at radius 3 is 2.44 bits per heavy atom. The van der Waals surface area contributed by atoms with Crippen molar-refractivity contribution in [2.45, 2.75) is 46.0 Å². The first-order valence-electron chi connectivity index (χ1n) is 6.43. The summed E-state index contributed by atoms with van der Waals surface area (Å²) in [6, 6.07) is 9.12. The van der Waals surface area contributed by atoms with Crippen LogP contribution in [0.1, 0.15) is 50.2 Å². The van der Waals surface area contributed by atoms with Crippen molar-refractivity contribution in [3.05, 3.63) is 47.0 Å². The molecule has 0 unspecified atom stereocenters. The maximum atomic E-state index is 2.43. The fourth-order valence-electron chi connectivity index (χ4n) is 2.81. The van der Waals surface area contributed by atoms with E-state index in [1.165, 1.54) is 30.4 Å². The average molecular weight is 214 g/mol. The van der Waals surface area contributed by atoms with Crippen LogP contribution >= 0.6 is 0 Å². The van der Waals surface area contributed by atoms with Gasteiger partial charge in [0.1, 0.15) is 0 Å². The second-order valence-corrected chi connectivity index (χ2v) is 5.18. The molecule has 0 N–H and O–H groups in total. The molecule has 0 bridgehead atoms. The highest BCUT2D eigenvalue weighted by Crippen LogP contribution is 2.38. The first-order valence-corrected chi connectivity index (χ1v) is 6.43. The SMILES string of the molecule is CC[C@@H]1CC(C)=CC[C@H]1c1ccc(C)cc1. The van der Waals surface area contributed by atoms with Gasteiger partial charge >= 0.3 is 0 Å². The Kier molecular flexibility index (Phi) is 3.48. The third kappa shape index (κ3) is 2.37. The number of aryl methyl sites for hydroxylation is 1. The summed E-state index contributed by atoms with van der Waals surface area (Å²) in [7, 11) is 0. The summed E-state index contributed by atoms with van der Waals surface area (Å²) in [6.07, 6.45) is 6.24. The molecule has 0 saturated heterocycles. The maximum absolute atomic E-state index is 2.43. The van der Waals surface area contributed by atoms with Crippen molar-refractivity contribution in [2.24, 2.45) is 5.92 Å². The number of hydrogen-bond donors (Lipinski definition) is 0. The van der Waals surface area contributed by atoms with Gasteiger partial charge in [0.05, 0.1) is 0 Å². The van der Waals surface area contributed by atoms with Crippen LogP contribution in [0.4, 0.5) is 0 Å². The van der Waals surface area contributed by atoms with Gasteiger partial charge in [-0.15, -0.1) is 0 Å². The van der Waals surface area contributed by atoms with E-state index in [1.807, 2.05) is 0 Å². The maximum Gasteiger partial charge on any atom is -0.00960 e. The first-order chi connectivity index (χ1) is 7.70. The van der Waals surface area contributed by atoms with E-state index < -0.39 is 0 Å². The fourth-order valence-corrected chi connectivity index (χ4v) is 2.81. The number of allylic oxidation sites excluding steroid dienone is 2. The van der Waals surface area contributed by atoms with E-state index in [2.05, 4.69) is 51.1 Å². The molecule has 16 heavy (non-hydrogen) atoms. The summed E-state index contributed by atoms with van der Waals surface area (Å²) in [5.41, 5.74) is 4.47. The van der Waals surface area contributed by atoms with Crippen LogP contribution in [-0.2, 0) is 0 Å². The van der Waals surface area contributed by atoms with Gasteiger partial charge in [0, 0.05) is 0 Å². The molecule has 0 saturated carbocycles. The normalized spacial score (nSPS) is 25.3. The largest absolute Gasteiger partial charge is 0.0850 e. The van der Waals surface area contributed by atoms with E-state index in [1.54, 1.807) is 5.57 Å². The summed E-state index contributed by atoms with van der Waals surface area (Å²) in [6.45, 7) is 6.75. The van der Waals surface area contributed by atoms with Crippen LogP contribution in [0.2, 0.25) is 0 Å². The van der Waals surface area contributed by atoms with Crippen LogP contribution in [-0.4, -0.2) is 0 Å². The van der Waals surface area contributed by atoms with E-state index in [4.69, 9.17) is 0 Å². The molecule has 0 nitrogen and oxygen atoms in total. The molecular formula is C16H22. The lowest BCUT2D eigenvalue weighted by molar-refractivity contribution is 0.390. The minimum absolute atomic E-state index is 0.745. The lowest BCUT2D eigenvalue weighted by Crippen LogP contribution is -2.16. The molecule has 86 valence electrons. The van der Waals surface area contributed by atoms with E-state index in [0.29, 0.717) is 0 Å². The van der Waals surface area contributed by atoms with Gasteiger partial charge in [-0.1, -0.05) is 54.8 Å². The van der Waals surface area contributed by atoms with Gasteiger partial charge in [-0.2, -0.15) is 0 Å². The Hall–Kier alpha value is -1.04. The van der Waals surface area contributed by atoms with Gasteiger partial charge in [0.2, 0.25) is 0 Å². The first kappa shape index (κ1) is 11.4. The van der Waals surface area contributed by atoms with E-state index >= 15 is 0 Å². The number of hydrogen-bond acceptors (Lipinski definition) is 0. The molecule has 0 aromatic heterocycles. The van der Waals surface area contributed by atoms with E-state index in [-0.39, 0.29) is 0 Å². The molecule has 1 aliphatic carbocycles. The predicted molar refractivity (Wildman–Crippen MR) is 70.7 cm³/mol. The third-order valence-electron chi connectivity index (χ3n) is 3.90. The van der Waals surface area contributed by atoms with Crippen molar-refractivity contribution < 1.29 is 0 Å². The van der Waals surface area contributed by atoms with Crippen molar-refractivity contribution in [2.75, 3.05) is 0 Å². The Labute approximate surface area is 99.4 Å². The Balaban J connectivity index is 2.22. The summed E-state index contributed by atoms with van der Waals surface area (Å²) in [4.78, 5) is 0. The zero-order valence-electron chi connectivity index (χ0n) is 10.7. The van der Waals surface area contributed by atoms with Crippen molar-refractivity contribution in [1.29, 1.82) is 0 Å². The quantitative estimate of drug-likeness (QED) is 0.618. The van der Waals surface area contributed by atoms with E-state index in [0.717, 1.165) is 11.8 Å². The highest BCUT2D eigenvalue weighted by molar-refractivity contribution is 5.27. The summed E-state index contributed by atoms with van der Waals surface area (Å²) >= 11 is 0. The molecule has 0 spiro atoms. The van der Waals surface area contributed by atoms with Crippen molar-refractivity contribution in [1.82, 2.24) is 0 Å². The van der Waals surface area contributed by atoms with Crippen LogP contribution in [0.25, 0.3) is 0 Å². The minimum atomic E-state index is 0.745. The van der Waals surface area contributed by atoms with Gasteiger partial charge in [-0.25, -0.2) is 0 Å². The lowest BCUT2D eigenvalue weighted by atomic mass is 9.75. The van der Waals surface area contributed by atoms with Crippen LogP contribution < -0.4 is 0 Å². The van der Waals surface area contributed by atoms with Gasteiger partial charge in [-0.05, 0) is 44.1 Å². The van der Waals surface area contributed by atoms with Crippen molar-refractivity contribution in [3.8, 4) is 0 Å². The molecule has 0 amide bonds. The standard InChI is InChI=1S/C16H22/c1-4-14-11-13(3)7-10-16(14)15-8-5-12(2)6-9-15/h5-9,14,16H,4,10-11H2,1-3H3/t14-,16-/m1/s1. The van der Waals surface area contributed by atoms with Crippen LogP contribution in [0, 0.1) is 12.8 Å². The number of benzene rings is 1. The van der Waals surface area contributed by atoms with Crippen LogP contribution in [0.3, 0.4) is 0 Å². The Morgan fingerprint density at radius 2 is 1.81 bits per heavy atom. The van der Waals surface area contributed by atoms with Crippen LogP contribution in [0.15, 0.2) is 35.9 Å². The summed E-state index contributed by atoms with van der Waals surface area (Å²) in [5.74, 6) is 1.59. The monoisotopic (exact) mass is 214 g/mol. The second kappa shape index (κ2) is 4.86. The lowest BCUT2D eigenvalue weighted by Gasteiger charge is -2.30. The molecule has 0 heterocycles. The van der Waals surface area contributed by atoms with Crippen LogP contribution in [0.5, 0.6) is 0 Å². The van der Waals surface area contributed by atoms with Crippen molar-refractivity contribution in [3.63, 3.8) is 0 Å². The minimum Gasteiger partial charge on any atom is -0.0850 e. The molecule has 1 aromatic rings. The molecule has 2 rings (SSSR count). The highest BCUT2D eigenvalue weighted by atomic mass is 14.3. The predicted octanol–water partition coefficient (Wildman–Crippen LogP) is 4.84. The number of rotatable bonds is 2. The molecule has 0 aliphatic heterocycles. The molecular weight excluding hydrogens is 192 g/mol. The third-order valence-corrected chi connectivity index (χ3v) is 3.90. The second-order valence-electron chi connectivity index (χ2n) is 5.18. The molecule has 2 atom stereocenters. The van der Waals surface area contributed by atoms with Gasteiger partial charge in [0.15, 0.2) is 0 Å². The molecule has 0 radical (unpaired) electrons. The average Bonchev–Trinajstić information content (AvgIpc) is 2.30. The zero-order valence-corrected chi connectivity index (χ0v) is 10.7. The molecule has 1 aromatic carbocycles. The van der Waals surface area contributed by atoms with Gasteiger partial charge in [-0.3, -0.25) is 0 Å². The van der Waals surface area contributed by atoms with E-state index in [9.17, 15) is 0 Å². The summed E-state index contributed by atoms with van der Waals surface area (Å²) < 4.78 is 0. The van der Waals surface area contributed by atoms with Gasteiger partial charge in [0.25, 0.3) is 0 Å². The molecule has 0 fully saturated rings. The Bertz CT molecular complexity index is 370. The molecule has 1 aliphatic rings. The molecule has 0 heteroatoms. The van der Waals surface area contributed by atoms with Crippen molar-refractivity contribution >= 4 is 0 Å². The summed E-state index contributed by atoms with van der Waals surface area (Å²) in [5, 5.41) is 0. The zero-order chi connectivity index (χ0) is 11.5. The smallest absolute Gasteiger partial charge is 0.00960 e. The Morgan fingerprint density at radius 1 is 1.12 bits per heavy atom. The highest BCUT2D eigenvalue weighted by Gasteiger charge is 2.24. The topological polar surface area (TPSA) is 0 Å². The van der Waals surface area contributed by atoms with Gasteiger partial charge < -0.3 is 0 Å².